The third kappa shape index (κ3) is 3.24. The van der Waals surface area contributed by atoms with Crippen LogP contribution in [0.4, 0.5) is 0 Å². The lowest BCUT2D eigenvalue weighted by molar-refractivity contribution is 0.291. The number of nitrogens with one attached hydrogen (secondary N) is 2. The highest BCUT2D eigenvalue weighted by Crippen LogP contribution is 2.42. The number of nitrogens with zero attached hydrogens (tertiary/aromatic N) is 2. The van der Waals surface area contributed by atoms with Crippen molar-refractivity contribution in [3.05, 3.63) is 59.3 Å². The zero-order chi connectivity index (χ0) is 22.7. The van der Waals surface area contributed by atoms with Crippen molar-refractivity contribution in [2.24, 2.45) is 0 Å². The summed E-state index contributed by atoms with van der Waals surface area (Å²) >= 11 is 0. The average molecular weight is 441 g/mol. The summed E-state index contributed by atoms with van der Waals surface area (Å²) in [5.74, 6) is 4.31. The van der Waals surface area contributed by atoms with Gasteiger partial charge in [-0.15, -0.1) is 0 Å². The van der Waals surface area contributed by atoms with Gasteiger partial charge in [0.25, 0.3) is 0 Å². The van der Waals surface area contributed by atoms with Gasteiger partial charge in [-0.2, -0.15) is 4.98 Å². The molecule has 1 unspecified atom stereocenters. The van der Waals surface area contributed by atoms with Crippen molar-refractivity contribution in [3.8, 4) is 45.3 Å². The monoisotopic (exact) mass is 440 g/mol. The van der Waals surface area contributed by atoms with Gasteiger partial charge < -0.3 is 19.4 Å². The summed E-state index contributed by atoms with van der Waals surface area (Å²) < 4.78 is 12.1. The van der Waals surface area contributed by atoms with Crippen LogP contribution < -0.4 is 9.47 Å². The minimum absolute atomic E-state index is 0.328. The molecule has 33 heavy (non-hydrogen) atoms. The largest absolute Gasteiger partial charge is 0.487 e. The molecule has 0 fully saturated rings. The van der Waals surface area contributed by atoms with E-state index in [-0.39, 0.29) is 0 Å². The normalized spacial score (nSPS) is 14.6. The quantitative estimate of drug-likeness (QED) is 0.377. The summed E-state index contributed by atoms with van der Waals surface area (Å²) in [6, 6.07) is 12.9. The summed E-state index contributed by atoms with van der Waals surface area (Å²) in [5, 5.41) is 0. The van der Waals surface area contributed by atoms with E-state index in [2.05, 4.69) is 79.0 Å². The van der Waals surface area contributed by atoms with Gasteiger partial charge in [0, 0.05) is 23.0 Å². The Labute approximate surface area is 193 Å². The first-order valence-electron chi connectivity index (χ1n) is 11.7. The predicted molar refractivity (Wildman–Crippen MR) is 129 cm³/mol. The zero-order valence-electron chi connectivity index (χ0n) is 19.5. The molecule has 0 spiro atoms. The molecular formula is C27H28N4O2. The number of H-pyrrole nitrogens is 2. The van der Waals surface area contributed by atoms with Crippen molar-refractivity contribution >= 4 is 0 Å². The van der Waals surface area contributed by atoms with Crippen LogP contribution in [0.3, 0.4) is 0 Å². The number of fused-ring (bicyclic) bond motifs is 6. The SMILES string of the molecule is CCC(C)c1nc2c([nH]1)COc1cc(-c3ccc4c(c3)COc3nc(C(C)C)[nH]c3-4)ccc1-2. The maximum atomic E-state index is 6.11. The van der Waals surface area contributed by atoms with E-state index in [1.807, 2.05) is 0 Å². The molecular weight excluding hydrogens is 412 g/mol. The minimum atomic E-state index is 0.328. The molecule has 2 aromatic heterocycles. The first kappa shape index (κ1) is 20.1. The van der Waals surface area contributed by atoms with E-state index in [0.717, 1.165) is 68.7 Å². The average Bonchev–Trinajstić information content (AvgIpc) is 3.47. The van der Waals surface area contributed by atoms with E-state index in [0.29, 0.717) is 30.9 Å². The molecule has 6 rings (SSSR count). The molecule has 2 aliphatic heterocycles. The molecule has 2 aromatic carbocycles. The summed E-state index contributed by atoms with van der Waals surface area (Å²) in [6.45, 7) is 9.68. The Morgan fingerprint density at radius 3 is 2.45 bits per heavy atom. The number of ether oxygens (including phenoxy) is 2. The van der Waals surface area contributed by atoms with Gasteiger partial charge in [-0.1, -0.05) is 45.9 Å². The smallest absolute Gasteiger partial charge is 0.240 e. The van der Waals surface area contributed by atoms with Gasteiger partial charge in [0.2, 0.25) is 5.88 Å². The zero-order valence-corrected chi connectivity index (χ0v) is 19.5. The van der Waals surface area contributed by atoms with Crippen molar-refractivity contribution < 1.29 is 9.47 Å². The molecule has 0 bridgehead atoms. The standard InChI is InChI=1S/C27H28N4O2/c1-5-15(4)26-28-21-13-32-22-11-17(7-9-20(22)23(21)29-26)16-6-8-19-18(10-16)12-33-27-24(19)30-25(31-27)14(2)3/h6-11,14-15H,5,12-13H2,1-4H3,(H,28,29)(H,30,31). The first-order chi connectivity index (χ1) is 16.0. The fourth-order valence-corrected chi connectivity index (χ4v) is 4.57. The summed E-state index contributed by atoms with van der Waals surface area (Å²) in [5.41, 5.74) is 8.69. The van der Waals surface area contributed by atoms with Crippen molar-refractivity contribution in [3.63, 3.8) is 0 Å². The second-order valence-corrected chi connectivity index (χ2v) is 9.38. The number of rotatable bonds is 4. The van der Waals surface area contributed by atoms with E-state index < -0.39 is 0 Å². The van der Waals surface area contributed by atoms with Gasteiger partial charge in [0.1, 0.15) is 36.3 Å². The van der Waals surface area contributed by atoms with Crippen LogP contribution >= 0.6 is 0 Å². The molecule has 2 aliphatic rings. The number of aromatic amines is 2. The molecule has 0 radical (unpaired) electrons. The Hall–Kier alpha value is -3.54. The van der Waals surface area contributed by atoms with Gasteiger partial charge in [-0.25, -0.2) is 4.98 Å². The fourth-order valence-electron chi connectivity index (χ4n) is 4.57. The molecule has 4 heterocycles. The Morgan fingerprint density at radius 1 is 0.879 bits per heavy atom. The van der Waals surface area contributed by atoms with E-state index >= 15 is 0 Å². The number of benzene rings is 2. The first-order valence-corrected chi connectivity index (χ1v) is 11.7. The van der Waals surface area contributed by atoms with Crippen molar-refractivity contribution in [2.75, 3.05) is 0 Å². The Kier molecular flexibility index (Phi) is 4.57. The van der Waals surface area contributed by atoms with Crippen molar-refractivity contribution in [1.82, 2.24) is 19.9 Å². The van der Waals surface area contributed by atoms with Crippen LogP contribution in [0.25, 0.3) is 33.6 Å². The molecule has 168 valence electrons. The molecule has 6 nitrogen and oxygen atoms in total. The topological polar surface area (TPSA) is 75.8 Å². The second-order valence-electron chi connectivity index (χ2n) is 9.38. The van der Waals surface area contributed by atoms with Crippen molar-refractivity contribution in [2.45, 2.75) is 59.2 Å². The Balaban J connectivity index is 1.35. The Bertz CT molecular complexity index is 1360. The highest BCUT2D eigenvalue weighted by atomic mass is 16.5. The number of hydrogen-bond acceptors (Lipinski definition) is 4. The molecule has 0 amide bonds. The number of hydrogen-bond donors (Lipinski definition) is 2. The third-order valence-electron chi connectivity index (χ3n) is 6.79. The number of imidazole rings is 2. The van der Waals surface area contributed by atoms with Gasteiger partial charge in [0.15, 0.2) is 0 Å². The van der Waals surface area contributed by atoms with Gasteiger partial charge in [-0.3, -0.25) is 0 Å². The molecule has 0 saturated carbocycles. The molecule has 4 aromatic rings. The maximum absolute atomic E-state index is 6.11. The van der Waals surface area contributed by atoms with Crippen LogP contribution in [0.15, 0.2) is 36.4 Å². The predicted octanol–water partition coefficient (Wildman–Crippen LogP) is 6.56. The van der Waals surface area contributed by atoms with Crippen LogP contribution in [0.5, 0.6) is 11.6 Å². The molecule has 0 aliphatic carbocycles. The van der Waals surface area contributed by atoms with Crippen LogP contribution in [0, 0.1) is 0 Å². The highest BCUT2D eigenvalue weighted by Gasteiger charge is 2.25. The third-order valence-corrected chi connectivity index (χ3v) is 6.79. The van der Waals surface area contributed by atoms with Crippen LogP contribution in [0.2, 0.25) is 0 Å². The fraction of sp³-hybridized carbons (Fsp3) is 0.333. The lowest BCUT2D eigenvalue weighted by Crippen LogP contribution is -2.06. The van der Waals surface area contributed by atoms with Crippen LogP contribution in [-0.4, -0.2) is 19.9 Å². The molecule has 6 heteroatoms. The lowest BCUT2D eigenvalue weighted by atomic mass is 9.95. The summed E-state index contributed by atoms with van der Waals surface area (Å²) in [4.78, 5) is 16.4. The lowest BCUT2D eigenvalue weighted by Gasteiger charge is -2.19. The summed E-state index contributed by atoms with van der Waals surface area (Å²) in [7, 11) is 0. The molecule has 0 saturated heterocycles. The van der Waals surface area contributed by atoms with Gasteiger partial charge >= 0.3 is 0 Å². The van der Waals surface area contributed by atoms with E-state index in [1.165, 1.54) is 0 Å². The highest BCUT2D eigenvalue weighted by molar-refractivity contribution is 5.79. The molecule has 2 N–H and O–H groups in total. The van der Waals surface area contributed by atoms with E-state index in [4.69, 9.17) is 14.5 Å². The van der Waals surface area contributed by atoms with E-state index in [9.17, 15) is 0 Å². The van der Waals surface area contributed by atoms with Crippen LogP contribution in [0.1, 0.15) is 68.9 Å². The van der Waals surface area contributed by atoms with Crippen LogP contribution in [-0.2, 0) is 13.2 Å². The van der Waals surface area contributed by atoms with Crippen molar-refractivity contribution in [1.29, 1.82) is 0 Å². The number of aromatic nitrogens is 4. The molecule has 1 atom stereocenters. The summed E-state index contributed by atoms with van der Waals surface area (Å²) in [6.07, 6.45) is 1.06. The van der Waals surface area contributed by atoms with E-state index in [1.54, 1.807) is 0 Å². The maximum Gasteiger partial charge on any atom is 0.240 e. The Morgan fingerprint density at radius 2 is 1.67 bits per heavy atom. The minimum Gasteiger partial charge on any atom is -0.487 e. The second kappa shape index (κ2) is 7.51. The van der Waals surface area contributed by atoms with Gasteiger partial charge in [-0.05, 0) is 41.3 Å². The van der Waals surface area contributed by atoms with Gasteiger partial charge in [0.05, 0.1) is 11.4 Å².